The summed E-state index contributed by atoms with van der Waals surface area (Å²) in [5.74, 6) is -0.500. The maximum absolute atomic E-state index is 12.5. The van der Waals surface area contributed by atoms with E-state index in [0.717, 1.165) is 23.4 Å². The minimum Gasteiger partial charge on any atom is -0.326 e. The van der Waals surface area contributed by atoms with Crippen LogP contribution in [0.15, 0.2) is 48.5 Å². The van der Waals surface area contributed by atoms with Gasteiger partial charge in [-0.1, -0.05) is 36.7 Å². The molecular weight excluding hydrogens is 324 g/mol. The Balaban J connectivity index is 1.71. The predicted molar refractivity (Wildman–Crippen MR) is 96.4 cm³/mol. The van der Waals surface area contributed by atoms with Gasteiger partial charge in [-0.3, -0.25) is 9.59 Å². The number of para-hydroxylation sites is 1. The van der Waals surface area contributed by atoms with Gasteiger partial charge in [0, 0.05) is 29.4 Å². The first-order chi connectivity index (χ1) is 11.6. The summed E-state index contributed by atoms with van der Waals surface area (Å²) in [5.41, 5.74) is 2.68. The van der Waals surface area contributed by atoms with E-state index in [9.17, 15) is 9.59 Å². The summed E-state index contributed by atoms with van der Waals surface area (Å²) >= 11 is 5.89. The minimum absolute atomic E-state index is 0.0405. The normalized spacial score (nSPS) is 17.2. The molecule has 1 aliphatic heterocycles. The quantitative estimate of drug-likeness (QED) is 0.916. The van der Waals surface area contributed by atoms with Gasteiger partial charge < -0.3 is 10.2 Å². The molecule has 0 saturated carbocycles. The Kier molecular flexibility index (Phi) is 4.86. The van der Waals surface area contributed by atoms with E-state index < -0.39 is 0 Å². The van der Waals surface area contributed by atoms with Crippen molar-refractivity contribution in [2.24, 2.45) is 5.92 Å². The standard InChI is InChI=1S/C19H19ClN2O2/c1-2-13-5-3-4-6-17(13)21-19(24)14-11-18(23)22(12-14)16-9-7-15(20)8-10-16/h3-10,14H,2,11-12H2,1H3,(H,21,24)/t14-/m0/s1. The van der Waals surface area contributed by atoms with Gasteiger partial charge >= 0.3 is 0 Å². The number of nitrogens with zero attached hydrogens (tertiary/aromatic N) is 1. The number of rotatable bonds is 4. The van der Waals surface area contributed by atoms with E-state index in [1.54, 1.807) is 29.2 Å². The van der Waals surface area contributed by atoms with E-state index >= 15 is 0 Å². The summed E-state index contributed by atoms with van der Waals surface area (Å²) in [7, 11) is 0. The smallest absolute Gasteiger partial charge is 0.229 e. The molecule has 1 fully saturated rings. The number of carbonyl (C=O) groups excluding carboxylic acids is 2. The fourth-order valence-corrected chi connectivity index (χ4v) is 3.07. The Morgan fingerprint density at radius 1 is 1.21 bits per heavy atom. The van der Waals surface area contributed by atoms with Gasteiger partial charge in [0.15, 0.2) is 0 Å². The van der Waals surface area contributed by atoms with Crippen molar-refractivity contribution in [3.63, 3.8) is 0 Å². The molecule has 0 spiro atoms. The zero-order valence-electron chi connectivity index (χ0n) is 13.5. The van der Waals surface area contributed by atoms with Gasteiger partial charge in [-0.2, -0.15) is 0 Å². The molecule has 3 rings (SSSR count). The van der Waals surface area contributed by atoms with Crippen LogP contribution in [0.2, 0.25) is 5.02 Å². The molecule has 0 radical (unpaired) electrons. The van der Waals surface area contributed by atoms with E-state index in [0.29, 0.717) is 11.6 Å². The van der Waals surface area contributed by atoms with Crippen LogP contribution in [0.25, 0.3) is 0 Å². The highest BCUT2D eigenvalue weighted by Gasteiger charge is 2.35. The fourth-order valence-electron chi connectivity index (χ4n) is 2.94. The lowest BCUT2D eigenvalue weighted by atomic mass is 10.1. The van der Waals surface area contributed by atoms with E-state index in [1.807, 2.05) is 31.2 Å². The van der Waals surface area contributed by atoms with Gasteiger partial charge in [-0.25, -0.2) is 0 Å². The Hall–Kier alpha value is -2.33. The van der Waals surface area contributed by atoms with Crippen molar-refractivity contribution in [3.8, 4) is 0 Å². The third kappa shape index (κ3) is 3.44. The number of carbonyl (C=O) groups is 2. The Bertz CT molecular complexity index is 758. The number of hydrogen-bond donors (Lipinski definition) is 1. The zero-order valence-corrected chi connectivity index (χ0v) is 14.2. The SMILES string of the molecule is CCc1ccccc1NC(=O)[C@H]1CC(=O)N(c2ccc(Cl)cc2)C1. The highest BCUT2D eigenvalue weighted by Crippen LogP contribution is 2.27. The van der Waals surface area contributed by atoms with Crippen molar-refractivity contribution in [1.29, 1.82) is 0 Å². The highest BCUT2D eigenvalue weighted by atomic mass is 35.5. The number of benzene rings is 2. The van der Waals surface area contributed by atoms with Crippen molar-refractivity contribution >= 4 is 34.8 Å². The van der Waals surface area contributed by atoms with Crippen LogP contribution in [0.4, 0.5) is 11.4 Å². The van der Waals surface area contributed by atoms with E-state index in [4.69, 9.17) is 11.6 Å². The van der Waals surface area contributed by atoms with Crippen LogP contribution in [0, 0.1) is 5.92 Å². The van der Waals surface area contributed by atoms with Crippen LogP contribution in [0.5, 0.6) is 0 Å². The topological polar surface area (TPSA) is 49.4 Å². The van der Waals surface area contributed by atoms with Crippen molar-refractivity contribution < 1.29 is 9.59 Å². The summed E-state index contributed by atoms with van der Waals surface area (Å²) in [4.78, 5) is 26.5. The van der Waals surface area contributed by atoms with Gasteiger partial charge in [-0.05, 0) is 42.3 Å². The number of anilines is 2. The molecule has 24 heavy (non-hydrogen) atoms. The lowest BCUT2D eigenvalue weighted by Gasteiger charge is -2.17. The first-order valence-corrected chi connectivity index (χ1v) is 8.41. The molecule has 1 aliphatic rings. The van der Waals surface area contributed by atoms with Crippen LogP contribution in [-0.4, -0.2) is 18.4 Å². The monoisotopic (exact) mass is 342 g/mol. The van der Waals surface area contributed by atoms with Crippen molar-refractivity contribution in [2.45, 2.75) is 19.8 Å². The van der Waals surface area contributed by atoms with Crippen molar-refractivity contribution in [1.82, 2.24) is 0 Å². The number of hydrogen-bond acceptors (Lipinski definition) is 2. The average molecular weight is 343 g/mol. The number of aryl methyl sites for hydroxylation is 1. The predicted octanol–water partition coefficient (Wildman–Crippen LogP) is 3.89. The number of amides is 2. The van der Waals surface area contributed by atoms with Crippen LogP contribution in [0.3, 0.4) is 0 Å². The Labute approximate surface area is 146 Å². The van der Waals surface area contributed by atoms with Crippen LogP contribution in [-0.2, 0) is 16.0 Å². The summed E-state index contributed by atoms with van der Waals surface area (Å²) in [6, 6.07) is 14.8. The first kappa shape index (κ1) is 16.5. The van der Waals surface area contributed by atoms with Crippen LogP contribution >= 0.6 is 11.6 Å². The van der Waals surface area contributed by atoms with Gasteiger partial charge in [0.05, 0.1) is 5.92 Å². The van der Waals surface area contributed by atoms with Crippen LogP contribution < -0.4 is 10.2 Å². The first-order valence-electron chi connectivity index (χ1n) is 8.03. The van der Waals surface area contributed by atoms with Gasteiger partial charge in [0.1, 0.15) is 0 Å². The molecule has 0 aliphatic carbocycles. The van der Waals surface area contributed by atoms with E-state index in [-0.39, 0.29) is 24.2 Å². The number of nitrogens with one attached hydrogen (secondary N) is 1. The molecule has 0 unspecified atom stereocenters. The molecule has 2 aromatic carbocycles. The molecular formula is C19H19ClN2O2. The largest absolute Gasteiger partial charge is 0.326 e. The van der Waals surface area contributed by atoms with Gasteiger partial charge in [0.2, 0.25) is 11.8 Å². The molecule has 1 heterocycles. The molecule has 0 aromatic heterocycles. The summed E-state index contributed by atoms with van der Waals surface area (Å²) in [6.07, 6.45) is 1.07. The molecule has 1 saturated heterocycles. The molecule has 2 amide bonds. The number of halogens is 1. The molecule has 4 nitrogen and oxygen atoms in total. The molecule has 1 atom stereocenters. The van der Waals surface area contributed by atoms with Crippen molar-refractivity contribution in [3.05, 3.63) is 59.1 Å². The summed E-state index contributed by atoms with van der Waals surface area (Å²) in [5, 5.41) is 3.59. The maximum Gasteiger partial charge on any atom is 0.229 e. The minimum atomic E-state index is -0.349. The van der Waals surface area contributed by atoms with E-state index in [1.165, 1.54) is 0 Å². The van der Waals surface area contributed by atoms with Crippen molar-refractivity contribution in [2.75, 3.05) is 16.8 Å². The second-order valence-corrected chi connectivity index (χ2v) is 6.32. The Morgan fingerprint density at radius 2 is 1.92 bits per heavy atom. The molecule has 0 bridgehead atoms. The second kappa shape index (κ2) is 7.05. The fraction of sp³-hybridized carbons (Fsp3) is 0.263. The van der Waals surface area contributed by atoms with Gasteiger partial charge in [0.25, 0.3) is 0 Å². The molecule has 5 heteroatoms. The van der Waals surface area contributed by atoms with E-state index in [2.05, 4.69) is 5.32 Å². The van der Waals surface area contributed by atoms with Gasteiger partial charge in [-0.15, -0.1) is 0 Å². The summed E-state index contributed by atoms with van der Waals surface area (Å²) in [6.45, 7) is 2.44. The third-order valence-electron chi connectivity index (χ3n) is 4.29. The summed E-state index contributed by atoms with van der Waals surface area (Å²) < 4.78 is 0. The molecule has 1 N–H and O–H groups in total. The highest BCUT2D eigenvalue weighted by molar-refractivity contribution is 6.30. The van der Waals surface area contributed by atoms with Crippen LogP contribution in [0.1, 0.15) is 18.9 Å². The second-order valence-electron chi connectivity index (χ2n) is 5.88. The lowest BCUT2D eigenvalue weighted by molar-refractivity contribution is -0.122. The Morgan fingerprint density at radius 3 is 2.62 bits per heavy atom. The third-order valence-corrected chi connectivity index (χ3v) is 4.54. The molecule has 124 valence electrons. The zero-order chi connectivity index (χ0) is 17.1. The maximum atomic E-state index is 12.5. The average Bonchev–Trinajstić information content (AvgIpc) is 2.98. The molecule has 2 aromatic rings. The lowest BCUT2D eigenvalue weighted by Crippen LogP contribution is -2.28.